The van der Waals surface area contributed by atoms with Crippen LogP contribution in [0.4, 0.5) is 4.39 Å². The van der Waals surface area contributed by atoms with Crippen molar-refractivity contribution in [2.24, 2.45) is 10.4 Å². The van der Waals surface area contributed by atoms with Crippen molar-refractivity contribution < 1.29 is 13.9 Å². The average molecular weight is 380 g/mol. The Labute approximate surface area is 162 Å². The molecule has 0 unspecified atom stereocenters. The molecule has 1 saturated carbocycles. The SMILES string of the molecule is CCOCCC1(CNC(=NC)NCc2ccc(OCC)c(F)c2)CCCC1. The van der Waals surface area contributed by atoms with Crippen molar-refractivity contribution in [2.45, 2.75) is 52.5 Å². The number of hydrogen-bond acceptors (Lipinski definition) is 3. The maximum absolute atomic E-state index is 14.0. The fourth-order valence-electron chi connectivity index (χ4n) is 3.68. The summed E-state index contributed by atoms with van der Waals surface area (Å²) in [6.45, 7) is 7.31. The van der Waals surface area contributed by atoms with Gasteiger partial charge in [-0.2, -0.15) is 0 Å². The highest BCUT2D eigenvalue weighted by Crippen LogP contribution is 2.40. The number of ether oxygens (including phenoxy) is 2. The Morgan fingerprint density at radius 3 is 2.59 bits per heavy atom. The first-order valence-corrected chi connectivity index (χ1v) is 10.1. The van der Waals surface area contributed by atoms with Crippen LogP contribution in [0.3, 0.4) is 0 Å². The van der Waals surface area contributed by atoms with E-state index in [2.05, 4.69) is 15.6 Å². The van der Waals surface area contributed by atoms with Crippen LogP contribution in [0.25, 0.3) is 0 Å². The van der Waals surface area contributed by atoms with Crippen molar-refractivity contribution in [3.05, 3.63) is 29.6 Å². The molecule has 0 aliphatic heterocycles. The van der Waals surface area contributed by atoms with Crippen molar-refractivity contribution in [1.29, 1.82) is 0 Å². The van der Waals surface area contributed by atoms with Gasteiger partial charge in [-0.25, -0.2) is 4.39 Å². The van der Waals surface area contributed by atoms with Gasteiger partial charge in [-0.05, 0) is 56.2 Å². The molecule has 0 spiro atoms. The third-order valence-electron chi connectivity index (χ3n) is 5.26. The van der Waals surface area contributed by atoms with Crippen molar-refractivity contribution >= 4 is 5.96 Å². The molecule has 1 aromatic rings. The van der Waals surface area contributed by atoms with Crippen molar-refractivity contribution in [2.75, 3.05) is 33.4 Å². The van der Waals surface area contributed by atoms with E-state index in [9.17, 15) is 4.39 Å². The van der Waals surface area contributed by atoms with Crippen molar-refractivity contribution in [1.82, 2.24) is 10.6 Å². The van der Waals surface area contributed by atoms with Crippen LogP contribution in [0, 0.1) is 11.2 Å². The molecule has 0 aromatic heterocycles. The van der Waals surface area contributed by atoms with Crippen molar-refractivity contribution in [3.8, 4) is 5.75 Å². The summed E-state index contributed by atoms with van der Waals surface area (Å²) in [6.07, 6.45) is 6.11. The summed E-state index contributed by atoms with van der Waals surface area (Å²) in [4.78, 5) is 4.31. The van der Waals surface area contributed by atoms with E-state index in [-0.39, 0.29) is 11.2 Å². The van der Waals surface area contributed by atoms with E-state index in [4.69, 9.17) is 9.47 Å². The van der Waals surface area contributed by atoms with Gasteiger partial charge in [0.05, 0.1) is 6.61 Å². The topological polar surface area (TPSA) is 54.9 Å². The maximum Gasteiger partial charge on any atom is 0.191 e. The molecule has 0 atom stereocenters. The molecule has 0 heterocycles. The minimum atomic E-state index is -0.333. The molecule has 0 bridgehead atoms. The molecule has 1 aliphatic rings. The summed E-state index contributed by atoms with van der Waals surface area (Å²) in [5, 5.41) is 6.73. The van der Waals surface area contributed by atoms with Crippen LogP contribution in [0.15, 0.2) is 23.2 Å². The molecule has 1 aliphatic carbocycles. The second-order valence-electron chi connectivity index (χ2n) is 7.13. The van der Waals surface area contributed by atoms with Gasteiger partial charge in [0.2, 0.25) is 0 Å². The molecule has 1 fully saturated rings. The Hall–Kier alpha value is -1.82. The normalized spacial score (nSPS) is 16.4. The zero-order valence-corrected chi connectivity index (χ0v) is 16.9. The Kier molecular flexibility index (Phi) is 8.85. The first-order valence-electron chi connectivity index (χ1n) is 10.1. The third kappa shape index (κ3) is 6.69. The van der Waals surface area contributed by atoms with Crippen LogP contribution in [-0.2, 0) is 11.3 Å². The highest BCUT2D eigenvalue weighted by Gasteiger charge is 2.33. The number of nitrogens with zero attached hydrogens (tertiary/aromatic N) is 1. The Morgan fingerprint density at radius 2 is 1.96 bits per heavy atom. The molecule has 2 N–H and O–H groups in total. The summed E-state index contributed by atoms with van der Waals surface area (Å²) in [5.41, 5.74) is 1.14. The van der Waals surface area contributed by atoms with Gasteiger partial charge >= 0.3 is 0 Å². The van der Waals surface area contributed by atoms with Crippen LogP contribution >= 0.6 is 0 Å². The molecule has 0 saturated heterocycles. The number of guanidine groups is 1. The van der Waals surface area contributed by atoms with Crippen LogP contribution < -0.4 is 15.4 Å². The Balaban J connectivity index is 1.85. The molecule has 152 valence electrons. The highest BCUT2D eigenvalue weighted by atomic mass is 19.1. The lowest BCUT2D eigenvalue weighted by atomic mass is 9.83. The quantitative estimate of drug-likeness (QED) is 0.368. The van der Waals surface area contributed by atoms with Gasteiger partial charge in [-0.3, -0.25) is 4.99 Å². The first kappa shape index (κ1) is 21.5. The predicted octanol–water partition coefficient (Wildman–Crippen LogP) is 3.88. The smallest absolute Gasteiger partial charge is 0.191 e. The molecule has 1 aromatic carbocycles. The van der Waals surface area contributed by atoms with E-state index < -0.39 is 0 Å². The molecule has 2 rings (SSSR count). The van der Waals surface area contributed by atoms with Gasteiger partial charge in [-0.15, -0.1) is 0 Å². The van der Waals surface area contributed by atoms with Gasteiger partial charge in [0.25, 0.3) is 0 Å². The molecule has 6 heteroatoms. The van der Waals surface area contributed by atoms with E-state index in [1.807, 2.05) is 19.9 Å². The zero-order chi connectivity index (χ0) is 19.5. The Morgan fingerprint density at radius 1 is 1.19 bits per heavy atom. The predicted molar refractivity (Wildman–Crippen MR) is 108 cm³/mol. The lowest BCUT2D eigenvalue weighted by Gasteiger charge is -2.30. The number of rotatable bonds is 10. The lowest BCUT2D eigenvalue weighted by molar-refractivity contribution is 0.105. The van der Waals surface area contributed by atoms with E-state index >= 15 is 0 Å². The van der Waals surface area contributed by atoms with Gasteiger partial charge in [0.1, 0.15) is 0 Å². The maximum atomic E-state index is 14.0. The molecule has 0 radical (unpaired) electrons. The molecule has 0 amide bonds. The lowest BCUT2D eigenvalue weighted by Crippen LogP contribution is -2.43. The first-order chi connectivity index (χ1) is 13.1. The highest BCUT2D eigenvalue weighted by molar-refractivity contribution is 5.79. The minimum absolute atomic E-state index is 0.290. The third-order valence-corrected chi connectivity index (χ3v) is 5.26. The summed E-state index contributed by atoms with van der Waals surface area (Å²) in [5.74, 6) is 0.702. The van der Waals surface area contributed by atoms with Crippen molar-refractivity contribution in [3.63, 3.8) is 0 Å². The van der Waals surface area contributed by atoms with Gasteiger partial charge in [-0.1, -0.05) is 18.9 Å². The van der Waals surface area contributed by atoms with Crippen LogP contribution in [0.1, 0.15) is 51.5 Å². The van der Waals surface area contributed by atoms with E-state index in [1.54, 1.807) is 13.1 Å². The number of hydrogen-bond donors (Lipinski definition) is 2. The van der Waals surface area contributed by atoms with E-state index in [0.29, 0.717) is 18.9 Å². The summed E-state index contributed by atoms with van der Waals surface area (Å²) < 4.78 is 24.8. The average Bonchev–Trinajstić information content (AvgIpc) is 3.13. The Bertz CT molecular complexity index is 601. The molecule has 27 heavy (non-hydrogen) atoms. The standard InChI is InChI=1S/C21H34FN3O2/c1-4-26-13-12-21(10-6-7-11-21)16-25-20(23-3)24-15-17-8-9-19(27-5-2)18(22)14-17/h8-9,14H,4-7,10-13,15-16H2,1-3H3,(H2,23,24,25). The minimum Gasteiger partial charge on any atom is -0.491 e. The summed E-state index contributed by atoms with van der Waals surface area (Å²) in [6, 6.07) is 5.05. The monoisotopic (exact) mass is 379 g/mol. The molecule has 5 nitrogen and oxygen atoms in total. The van der Waals surface area contributed by atoms with Gasteiger partial charge in [0.15, 0.2) is 17.5 Å². The second-order valence-corrected chi connectivity index (χ2v) is 7.13. The van der Waals surface area contributed by atoms with Gasteiger partial charge in [0, 0.05) is 33.4 Å². The van der Waals surface area contributed by atoms with Crippen LogP contribution in [0.5, 0.6) is 5.75 Å². The molecular formula is C21H34FN3O2. The fourth-order valence-corrected chi connectivity index (χ4v) is 3.68. The second kappa shape index (κ2) is 11.1. The van der Waals surface area contributed by atoms with Crippen LogP contribution in [-0.4, -0.2) is 39.4 Å². The fraction of sp³-hybridized carbons (Fsp3) is 0.667. The largest absolute Gasteiger partial charge is 0.491 e. The van der Waals surface area contributed by atoms with Crippen LogP contribution in [0.2, 0.25) is 0 Å². The number of aliphatic imine (C=N–C) groups is 1. The number of nitrogens with one attached hydrogen (secondary N) is 2. The number of halogens is 1. The summed E-state index contributed by atoms with van der Waals surface area (Å²) in [7, 11) is 1.76. The van der Waals surface area contributed by atoms with E-state index in [1.165, 1.54) is 31.7 Å². The van der Waals surface area contributed by atoms with Gasteiger partial charge < -0.3 is 20.1 Å². The summed E-state index contributed by atoms with van der Waals surface area (Å²) >= 11 is 0. The molecular weight excluding hydrogens is 345 g/mol. The number of benzene rings is 1. The van der Waals surface area contributed by atoms with E-state index in [0.717, 1.165) is 37.7 Å². The zero-order valence-electron chi connectivity index (χ0n) is 16.9.